The molecule has 1 heterocycles. The van der Waals surface area contributed by atoms with E-state index in [4.69, 9.17) is 4.74 Å². The van der Waals surface area contributed by atoms with Crippen molar-refractivity contribution in [3.05, 3.63) is 94.5 Å². The molecule has 1 amide bonds. The zero-order chi connectivity index (χ0) is 23.6. The van der Waals surface area contributed by atoms with Crippen LogP contribution >= 0.6 is 0 Å². The Morgan fingerprint density at radius 2 is 1.73 bits per heavy atom. The average molecular weight is 465 g/mol. The third-order valence-corrected chi connectivity index (χ3v) is 8.08. The summed E-state index contributed by atoms with van der Waals surface area (Å²) in [7, 11) is -2.32. The summed E-state index contributed by atoms with van der Waals surface area (Å²) in [6, 6.07) is 19.6. The fourth-order valence-corrected chi connectivity index (χ4v) is 6.11. The van der Waals surface area contributed by atoms with E-state index in [9.17, 15) is 13.2 Å². The molecular weight excluding hydrogens is 436 g/mol. The topological polar surface area (TPSA) is 75.7 Å². The van der Waals surface area contributed by atoms with E-state index in [1.807, 2.05) is 61.5 Å². The molecular formula is C26H28N2O4S. The lowest BCUT2D eigenvalue weighted by atomic mass is 9.95. The predicted octanol–water partition coefficient (Wildman–Crippen LogP) is 3.74. The van der Waals surface area contributed by atoms with Crippen LogP contribution in [-0.2, 0) is 34.3 Å². The maximum Gasteiger partial charge on any atom is 0.244 e. The number of methoxy groups -OCH3 is 1. The standard InChI is InChI=1S/C26H28N2O4S/c1-18-12-13-19(2)25(14-18)33(30,31)28-17-22-10-5-4-8-20(22)15-23(28)26(29)27-16-21-9-6-7-11-24(21)32-3/h4-14,23H,15-17H2,1-3H3,(H,27,29). The van der Waals surface area contributed by atoms with Crippen LogP contribution in [0.25, 0.3) is 0 Å². The SMILES string of the molecule is COc1ccccc1CNC(=O)C1Cc2ccccc2CN1S(=O)(=O)c1cc(C)ccc1C. The van der Waals surface area contributed by atoms with Gasteiger partial charge in [0.1, 0.15) is 11.8 Å². The summed E-state index contributed by atoms with van der Waals surface area (Å²) in [4.78, 5) is 13.6. The molecule has 4 rings (SSSR count). The van der Waals surface area contributed by atoms with Crippen molar-refractivity contribution in [3.8, 4) is 5.75 Å². The van der Waals surface area contributed by atoms with Gasteiger partial charge in [-0.1, -0.05) is 54.6 Å². The second-order valence-corrected chi connectivity index (χ2v) is 10.2. The first-order chi connectivity index (χ1) is 15.8. The van der Waals surface area contributed by atoms with Gasteiger partial charge in [-0.3, -0.25) is 4.79 Å². The van der Waals surface area contributed by atoms with Crippen LogP contribution in [0.5, 0.6) is 5.75 Å². The number of amides is 1. The van der Waals surface area contributed by atoms with Gasteiger partial charge in [0.15, 0.2) is 0 Å². The maximum absolute atomic E-state index is 13.8. The number of carbonyl (C=O) groups excluding carboxylic acids is 1. The quantitative estimate of drug-likeness (QED) is 0.603. The van der Waals surface area contributed by atoms with Gasteiger partial charge < -0.3 is 10.1 Å². The van der Waals surface area contributed by atoms with E-state index >= 15 is 0 Å². The Kier molecular flexibility index (Phi) is 6.54. The zero-order valence-corrected chi connectivity index (χ0v) is 19.9. The van der Waals surface area contributed by atoms with Crippen molar-refractivity contribution in [3.63, 3.8) is 0 Å². The predicted molar refractivity (Wildman–Crippen MR) is 127 cm³/mol. The van der Waals surface area contributed by atoms with Gasteiger partial charge in [0.05, 0.1) is 12.0 Å². The number of hydrogen-bond donors (Lipinski definition) is 1. The van der Waals surface area contributed by atoms with Crippen LogP contribution in [0, 0.1) is 13.8 Å². The van der Waals surface area contributed by atoms with E-state index in [0.29, 0.717) is 17.7 Å². The molecule has 1 N–H and O–H groups in total. The first-order valence-electron chi connectivity index (χ1n) is 10.9. The third kappa shape index (κ3) is 4.65. The minimum Gasteiger partial charge on any atom is -0.496 e. The lowest BCUT2D eigenvalue weighted by molar-refractivity contribution is -0.125. The molecule has 3 aromatic carbocycles. The molecule has 0 aromatic heterocycles. The molecule has 33 heavy (non-hydrogen) atoms. The van der Waals surface area contributed by atoms with Gasteiger partial charge in [-0.2, -0.15) is 4.31 Å². The number of ether oxygens (including phenoxy) is 1. The van der Waals surface area contributed by atoms with Gasteiger partial charge in [-0.05, 0) is 54.7 Å². The number of fused-ring (bicyclic) bond motifs is 1. The molecule has 0 saturated carbocycles. The molecule has 3 aromatic rings. The van der Waals surface area contributed by atoms with Gasteiger partial charge in [-0.25, -0.2) is 8.42 Å². The van der Waals surface area contributed by atoms with E-state index in [2.05, 4.69) is 5.32 Å². The van der Waals surface area contributed by atoms with Crippen molar-refractivity contribution in [2.75, 3.05) is 7.11 Å². The molecule has 0 fully saturated rings. The molecule has 1 aliphatic rings. The van der Waals surface area contributed by atoms with Crippen LogP contribution < -0.4 is 10.1 Å². The molecule has 1 atom stereocenters. The van der Waals surface area contributed by atoms with Gasteiger partial charge in [0.2, 0.25) is 15.9 Å². The minimum atomic E-state index is -3.90. The van der Waals surface area contributed by atoms with E-state index in [-0.39, 0.29) is 23.9 Å². The minimum absolute atomic E-state index is 0.151. The van der Waals surface area contributed by atoms with Crippen LogP contribution in [0.2, 0.25) is 0 Å². The summed E-state index contributed by atoms with van der Waals surface area (Å²) in [5.41, 5.74) is 4.25. The van der Waals surface area contributed by atoms with Crippen molar-refractivity contribution < 1.29 is 17.9 Å². The van der Waals surface area contributed by atoms with E-state index in [1.54, 1.807) is 26.2 Å². The summed E-state index contributed by atoms with van der Waals surface area (Å²) in [6.45, 7) is 4.04. The Morgan fingerprint density at radius 3 is 2.48 bits per heavy atom. The van der Waals surface area contributed by atoms with Crippen molar-refractivity contribution in [1.29, 1.82) is 0 Å². The number of rotatable bonds is 6. The number of carbonyl (C=O) groups is 1. The Balaban J connectivity index is 1.68. The van der Waals surface area contributed by atoms with Crippen LogP contribution in [0.4, 0.5) is 0 Å². The molecule has 1 aliphatic heterocycles. The fourth-order valence-electron chi connectivity index (χ4n) is 4.24. The Labute approximate surface area is 195 Å². The largest absolute Gasteiger partial charge is 0.496 e. The number of sulfonamides is 1. The highest BCUT2D eigenvalue weighted by molar-refractivity contribution is 7.89. The summed E-state index contributed by atoms with van der Waals surface area (Å²) in [6.07, 6.45) is 0.317. The van der Waals surface area contributed by atoms with Crippen molar-refractivity contribution >= 4 is 15.9 Å². The van der Waals surface area contributed by atoms with Gasteiger partial charge >= 0.3 is 0 Å². The van der Waals surface area contributed by atoms with Crippen LogP contribution in [0.3, 0.4) is 0 Å². The fraction of sp³-hybridized carbons (Fsp3) is 0.269. The van der Waals surface area contributed by atoms with Crippen LogP contribution in [-0.4, -0.2) is 31.8 Å². The molecule has 1 unspecified atom stereocenters. The molecule has 172 valence electrons. The number of hydrogen-bond acceptors (Lipinski definition) is 4. The zero-order valence-electron chi connectivity index (χ0n) is 19.0. The smallest absolute Gasteiger partial charge is 0.244 e. The van der Waals surface area contributed by atoms with Crippen LogP contribution in [0.1, 0.15) is 27.8 Å². The van der Waals surface area contributed by atoms with E-state index in [1.165, 1.54) is 4.31 Å². The highest BCUT2D eigenvalue weighted by Gasteiger charge is 2.40. The summed E-state index contributed by atoms with van der Waals surface area (Å²) < 4.78 is 34.3. The normalized spacial score (nSPS) is 16.2. The molecule has 7 heteroatoms. The molecule has 0 aliphatic carbocycles. The number of aryl methyl sites for hydroxylation is 2. The highest BCUT2D eigenvalue weighted by Crippen LogP contribution is 2.31. The number of nitrogens with one attached hydrogen (secondary N) is 1. The second kappa shape index (κ2) is 9.37. The summed E-state index contributed by atoms with van der Waals surface area (Å²) in [5, 5.41) is 2.93. The molecule has 6 nitrogen and oxygen atoms in total. The Morgan fingerprint density at radius 1 is 1.03 bits per heavy atom. The molecule has 0 bridgehead atoms. The summed E-state index contributed by atoms with van der Waals surface area (Å²) >= 11 is 0. The Bertz CT molecular complexity index is 1290. The Hall–Kier alpha value is -3.16. The average Bonchev–Trinajstić information content (AvgIpc) is 2.83. The second-order valence-electron chi connectivity index (χ2n) is 8.34. The van der Waals surface area contributed by atoms with Crippen LogP contribution in [0.15, 0.2) is 71.6 Å². The lowest BCUT2D eigenvalue weighted by Crippen LogP contribution is -2.52. The third-order valence-electron chi connectivity index (χ3n) is 6.08. The number of para-hydroxylation sites is 1. The molecule has 0 spiro atoms. The van der Waals surface area contributed by atoms with Gasteiger partial charge in [-0.15, -0.1) is 0 Å². The van der Waals surface area contributed by atoms with Crippen molar-refractivity contribution in [1.82, 2.24) is 9.62 Å². The molecule has 0 radical (unpaired) electrons. The first-order valence-corrected chi connectivity index (χ1v) is 12.3. The maximum atomic E-state index is 13.8. The van der Waals surface area contributed by atoms with E-state index in [0.717, 1.165) is 22.3 Å². The monoisotopic (exact) mass is 464 g/mol. The molecule has 0 saturated heterocycles. The van der Waals surface area contributed by atoms with Gasteiger partial charge in [0.25, 0.3) is 0 Å². The number of nitrogens with zero attached hydrogens (tertiary/aromatic N) is 1. The first kappa shape index (κ1) is 23.0. The number of benzene rings is 3. The van der Waals surface area contributed by atoms with Crippen molar-refractivity contribution in [2.24, 2.45) is 0 Å². The van der Waals surface area contributed by atoms with E-state index < -0.39 is 16.1 Å². The lowest BCUT2D eigenvalue weighted by Gasteiger charge is -2.35. The van der Waals surface area contributed by atoms with Gasteiger partial charge in [0, 0.05) is 18.7 Å². The van der Waals surface area contributed by atoms with Crippen molar-refractivity contribution in [2.45, 2.75) is 44.3 Å². The summed E-state index contributed by atoms with van der Waals surface area (Å²) in [5.74, 6) is 0.343. The highest BCUT2D eigenvalue weighted by atomic mass is 32.2.